The Morgan fingerprint density at radius 1 is 0.844 bits per heavy atom. The van der Waals surface area contributed by atoms with E-state index in [0.717, 1.165) is 33.1 Å². The van der Waals surface area contributed by atoms with Crippen LogP contribution in [0.25, 0.3) is 0 Å². The minimum absolute atomic E-state index is 0.0270. The summed E-state index contributed by atoms with van der Waals surface area (Å²) in [4.78, 5) is 24.7. The van der Waals surface area contributed by atoms with Crippen molar-refractivity contribution in [3.63, 3.8) is 0 Å². The molecule has 0 atom stereocenters. The number of carbonyl (C=O) groups is 2. The zero-order valence-electron chi connectivity index (χ0n) is 24.2. The number of aryl methyl sites for hydroxylation is 1. The normalized spacial score (nSPS) is 11.5. The lowest BCUT2D eigenvalue weighted by molar-refractivity contribution is -0.136. The Labute approximate surface area is 267 Å². The van der Waals surface area contributed by atoms with Gasteiger partial charge in [0.05, 0.1) is 23.3 Å². The van der Waals surface area contributed by atoms with Gasteiger partial charge in [0.1, 0.15) is 34.6 Å². The van der Waals surface area contributed by atoms with Crippen LogP contribution in [0.4, 0.5) is 8.78 Å². The molecule has 4 aromatic rings. The third-order valence-corrected chi connectivity index (χ3v) is 8.17. The molecule has 0 amide bonds. The third kappa shape index (κ3) is 8.63. The van der Waals surface area contributed by atoms with Crippen LogP contribution in [0.15, 0.2) is 76.5 Å². The van der Waals surface area contributed by atoms with Gasteiger partial charge >= 0.3 is 5.97 Å². The Bertz CT molecular complexity index is 1850. The van der Waals surface area contributed by atoms with Crippen molar-refractivity contribution in [2.24, 2.45) is 0 Å². The molecule has 0 radical (unpaired) electrons. The highest BCUT2D eigenvalue weighted by atomic mass is 32.2. The van der Waals surface area contributed by atoms with Crippen LogP contribution in [0.1, 0.15) is 45.5 Å². The average Bonchev–Trinajstić information content (AvgIpc) is 3.42. The van der Waals surface area contributed by atoms with Crippen LogP contribution in [0.5, 0.6) is 23.0 Å². The van der Waals surface area contributed by atoms with E-state index in [1.54, 1.807) is 12.1 Å². The molecule has 1 aliphatic carbocycles. The number of halogens is 2. The Morgan fingerprint density at radius 2 is 1.44 bits per heavy atom. The fourth-order valence-electron chi connectivity index (χ4n) is 4.64. The first-order chi connectivity index (χ1) is 21.6. The van der Waals surface area contributed by atoms with Crippen LogP contribution in [-0.2, 0) is 17.6 Å². The van der Waals surface area contributed by atoms with Gasteiger partial charge in [-0.15, -0.1) is 23.5 Å². The van der Waals surface area contributed by atoms with E-state index in [9.17, 15) is 18.4 Å². The van der Waals surface area contributed by atoms with E-state index in [1.807, 2.05) is 42.8 Å². The molecule has 0 unspecified atom stereocenters. The number of nitriles is 2. The molecule has 228 valence electrons. The predicted molar refractivity (Wildman–Crippen MR) is 167 cm³/mol. The van der Waals surface area contributed by atoms with Gasteiger partial charge in [-0.1, -0.05) is 0 Å². The van der Waals surface area contributed by atoms with Gasteiger partial charge in [-0.2, -0.15) is 10.5 Å². The highest BCUT2D eigenvalue weighted by Gasteiger charge is 2.26. The highest BCUT2D eigenvalue weighted by molar-refractivity contribution is 7.98. The minimum atomic E-state index is -0.900. The molecule has 1 aliphatic rings. The summed E-state index contributed by atoms with van der Waals surface area (Å²) >= 11 is 3.06. The Morgan fingerprint density at radius 3 is 2.00 bits per heavy atom. The van der Waals surface area contributed by atoms with Gasteiger partial charge in [-0.25, -0.2) is 8.78 Å². The number of hydrogen-bond acceptors (Lipinski definition) is 8. The molecule has 0 aromatic heterocycles. The summed E-state index contributed by atoms with van der Waals surface area (Å²) < 4.78 is 38.4. The van der Waals surface area contributed by atoms with Gasteiger partial charge in [0.2, 0.25) is 0 Å². The first-order valence-electron chi connectivity index (χ1n) is 13.5. The second-order valence-electron chi connectivity index (χ2n) is 9.69. The van der Waals surface area contributed by atoms with E-state index >= 15 is 0 Å². The average molecular weight is 645 g/mol. The molecule has 45 heavy (non-hydrogen) atoms. The van der Waals surface area contributed by atoms with E-state index in [1.165, 1.54) is 47.8 Å². The van der Waals surface area contributed by atoms with E-state index in [2.05, 4.69) is 0 Å². The topological polar surface area (TPSA) is 120 Å². The largest absolute Gasteiger partial charge is 0.481 e. The molecule has 0 heterocycles. The van der Waals surface area contributed by atoms with E-state index < -0.39 is 17.6 Å². The summed E-state index contributed by atoms with van der Waals surface area (Å²) in [6, 6.07) is 20.4. The molecule has 0 aliphatic heterocycles. The van der Waals surface area contributed by atoms with Crippen LogP contribution in [-0.4, -0.2) is 29.4 Å². The maximum atomic E-state index is 13.5. The fraction of sp³-hybridized carbons (Fsp3) is 0.176. The monoisotopic (exact) mass is 644 g/mol. The number of ketones is 1. The number of thioether (sulfide) groups is 2. The molecule has 0 bridgehead atoms. The fourth-order valence-corrected chi connectivity index (χ4v) is 5.75. The Hall–Kier alpha value is -4.84. The van der Waals surface area contributed by atoms with Gasteiger partial charge < -0.3 is 14.6 Å². The Kier molecular flexibility index (Phi) is 11.2. The van der Waals surface area contributed by atoms with Crippen molar-refractivity contribution in [3.8, 4) is 35.1 Å². The summed E-state index contributed by atoms with van der Waals surface area (Å²) in [5, 5.41) is 26.6. The predicted octanol–water partition coefficient (Wildman–Crippen LogP) is 8.57. The van der Waals surface area contributed by atoms with Crippen molar-refractivity contribution >= 4 is 35.3 Å². The van der Waals surface area contributed by atoms with Crippen molar-refractivity contribution in [2.75, 3.05) is 12.5 Å². The van der Waals surface area contributed by atoms with E-state index in [0.29, 0.717) is 36.3 Å². The quantitative estimate of drug-likeness (QED) is 0.179. The number of carboxylic acids is 1. The second-order valence-corrected chi connectivity index (χ2v) is 11.4. The maximum absolute atomic E-state index is 13.5. The molecule has 0 spiro atoms. The van der Waals surface area contributed by atoms with Gasteiger partial charge in [0.25, 0.3) is 0 Å². The van der Waals surface area contributed by atoms with Crippen molar-refractivity contribution in [2.45, 2.75) is 35.5 Å². The number of nitrogens with zero attached hydrogens (tertiary/aromatic N) is 2. The third-order valence-electron chi connectivity index (χ3n) is 6.66. The van der Waals surface area contributed by atoms with E-state index in [-0.39, 0.29) is 34.8 Å². The van der Waals surface area contributed by atoms with Gasteiger partial charge in [-0.3, -0.25) is 9.59 Å². The van der Waals surface area contributed by atoms with Crippen LogP contribution in [0.2, 0.25) is 0 Å². The lowest BCUT2D eigenvalue weighted by atomic mass is 10.1. The molecule has 0 fully saturated rings. The molecule has 0 saturated heterocycles. The maximum Gasteiger partial charge on any atom is 0.303 e. The summed E-state index contributed by atoms with van der Waals surface area (Å²) in [6.07, 6.45) is 5.21. The number of carboxylic acid groups (broad SMARTS) is 1. The molecule has 4 aromatic carbocycles. The summed E-state index contributed by atoms with van der Waals surface area (Å²) in [5.74, 6) is -0.407. The van der Waals surface area contributed by atoms with Gasteiger partial charge in [0, 0.05) is 45.9 Å². The second kappa shape index (κ2) is 15.2. The van der Waals surface area contributed by atoms with E-state index in [4.69, 9.17) is 25.1 Å². The number of hydrogen-bond donors (Lipinski definition) is 1. The van der Waals surface area contributed by atoms with Crippen molar-refractivity contribution < 1.29 is 33.0 Å². The molecule has 0 saturated carbocycles. The van der Waals surface area contributed by atoms with Crippen molar-refractivity contribution in [3.05, 3.63) is 106 Å². The van der Waals surface area contributed by atoms with Crippen molar-refractivity contribution in [1.82, 2.24) is 0 Å². The number of rotatable bonds is 9. The standard InChI is InChI=1S/C17H14FNO3S.C17H12FNO2S/c1-23-15-3-4-16(12(8-15)2-5-17(20)21)22-14-7-11(10-19)6-13(18)9-14;1-22-16-5-4-15(13-2-3-14(20)17(13)16)21-12-7-10(9-19)6-11(18)8-12/h3-4,6-9H,2,5H2,1H3,(H,20,21);4-8H,2-3H2,1H3. The molecule has 5 rings (SSSR count). The van der Waals surface area contributed by atoms with Crippen LogP contribution >= 0.6 is 23.5 Å². The molecule has 7 nitrogen and oxygen atoms in total. The summed E-state index contributed by atoms with van der Waals surface area (Å²) in [7, 11) is 0. The zero-order valence-corrected chi connectivity index (χ0v) is 25.9. The number of Topliss-reactive ketones (excluding diaryl/α,β-unsaturated/α-hetero) is 1. The van der Waals surface area contributed by atoms with Gasteiger partial charge in [-0.05, 0) is 85.5 Å². The molecule has 1 N–H and O–H groups in total. The summed E-state index contributed by atoms with van der Waals surface area (Å²) in [5.41, 5.74) is 2.65. The number of fused-ring (bicyclic) bond motifs is 1. The SMILES string of the molecule is CSc1ccc(Oc2cc(F)cc(C#N)c2)c(CCC(=O)O)c1.CSc1ccc(Oc2cc(F)cc(C#N)c2)c2c1C(=O)CC2. The molecular weight excluding hydrogens is 619 g/mol. The minimum Gasteiger partial charge on any atom is -0.481 e. The van der Waals surface area contributed by atoms with Crippen LogP contribution in [0, 0.1) is 34.3 Å². The van der Waals surface area contributed by atoms with Crippen LogP contribution < -0.4 is 9.47 Å². The number of benzene rings is 4. The first kappa shape index (κ1) is 33.1. The number of ether oxygens (including phenoxy) is 2. The first-order valence-corrected chi connectivity index (χ1v) is 16.0. The number of carbonyl (C=O) groups excluding carboxylic acids is 1. The highest BCUT2D eigenvalue weighted by Crippen LogP contribution is 2.39. The molecule has 11 heteroatoms. The number of aliphatic carboxylic acids is 1. The lowest BCUT2D eigenvalue weighted by Gasteiger charge is -2.12. The van der Waals surface area contributed by atoms with Gasteiger partial charge in [0.15, 0.2) is 5.78 Å². The summed E-state index contributed by atoms with van der Waals surface area (Å²) in [6.45, 7) is 0. The Balaban J connectivity index is 0.000000205. The smallest absolute Gasteiger partial charge is 0.303 e. The zero-order chi connectivity index (χ0) is 32.5. The lowest BCUT2D eigenvalue weighted by Crippen LogP contribution is -2.00. The molecular formula is C34H26F2N2O5S2. The van der Waals surface area contributed by atoms with Crippen molar-refractivity contribution in [1.29, 1.82) is 10.5 Å². The van der Waals surface area contributed by atoms with Crippen LogP contribution in [0.3, 0.4) is 0 Å².